The van der Waals surface area contributed by atoms with E-state index in [-0.39, 0.29) is 24.5 Å². The molecule has 0 N–H and O–H groups in total. The second-order valence-electron chi connectivity index (χ2n) is 5.26. The number of carbonyl (C=O) groups is 1. The Morgan fingerprint density at radius 2 is 1.69 bits per heavy atom. The van der Waals surface area contributed by atoms with E-state index in [4.69, 9.17) is 4.74 Å². The first-order chi connectivity index (χ1) is 12.3. The molecule has 1 amide bonds. The number of ether oxygens (including phenoxy) is 1. The largest absolute Gasteiger partial charge is 0.489 e. The molecule has 0 aliphatic heterocycles. The fraction of sp³-hybridized carbons (Fsp3) is 0.188. The maximum atomic E-state index is 13.4. The summed E-state index contributed by atoms with van der Waals surface area (Å²) in [5, 5.41) is 21.8. The Hall–Kier alpha value is -3.56. The number of rotatable bonds is 7. The van der Waals surface area contributed by atoms with Crippen LogP contribution in [0.2, 0.25) is 0 Å². The molecule has 0 spiro atoms. The van der Waals surface area contributed by atoms with Crippen molar-refractivity contribution in [3.63, 3.8) is 0 Å². The van der Waals surface area contributed by atoms with Gasteiger partial charge in [0.05, 0.1) is 28.0 Å². The summed E-state index contributed by atoms with van der Waals surface area (Å²) >= 11 is 0. The molecule has 2 aromatic rings. The van der Waals surface area contributed by atoms with Gasteiger partial charge in [0.1, 0.15) is 6.61 Å². The number of nitrogens with zero attached hydrogens (tertiary/aromatic N) is 3. The van der Waals surface area contributed by atoms with E-state index < -0.39 is 32.9 Å². The van der Waals surface area contributed by atoms with Crippen molar-refractivity contribution >= 4 is 17.3 Å². The standard InChI is InChI=1S/C16H14FN3O6/c1-18(6-7-26-15-5-3-2-4-14(15)17)16(21)11-8-12(19(22)23)10-13(9-11)20(24)25/h2-5,8-10H,6-7H2,1H3. The lowest BCUT2D eigenvalue weighted by atomic mass is 10.1. The number of amides is 1. The number of halogens is 1. The third kappa shape index (κ3) is 4.50. The smallest absolute Gasteiger partial charge is 0.277 e. The van der Waals surface area contributed by atoms with Crippen LogP contribution in [-0.4, -0.2) is 40.9 Å². The highest BCUT2D eigenvalue weighted by Gasteiger charge is 2.21. The molecule has 0 bridgehead atoms. The maximum Gasteiger partial charge on any atom is 0.277 e. The van der Waals surface area contributed by atoms with Crippen molar-refractivity contribution in [2.45, 2.75) is 0 Å². The Kier molecular flexibility index (Phi) is 5.78. The summed E-state index contributed by atoms with van der Waals surface area (Å²) in [4.78, 5) is 33.7. The van der Waals surface area contributed by atoms with E-state index >= 15 is 0 Å². The van der Waals surface area contributed by atoms with Crippen molar-refractivity contribution < 1.29 is 23.8 Å². The van der Waals surface area contributed by atoms with E-state index in [2.05, 4.69) is 0 Å². The minimum absolute atomic E-state index is 0.0272. The molecule has 136 valence electrons. The molecule has 0 radical (unpaired) electrons. The highest BCUT2D eigenvalue weighted by Crippen LogP contribution is 2.23. The monoisotopic (exact) mass is 363 g/mol. The number of para-hydroxylation sites is 1. The van der Waals surface area contributed by atoms with Crippen molar-refractivity contribution in [2.75, 3.05) is 20.2 Å². The van der Waals surface area contributed by atoms with Crippen LogP contribution < -0.4 is 4.74 Å². The molecule has 0 aliphatic carbocycles. The van der Waals surface area contributed by atoms with Crippen LogP contribution >= 0.6 is 0 Å². The number of hydrogen-bond acceptors (Lipinski definition) is 6. The van der Waals surface area contributed by atoms with Crippen LogP contribution in [-0.2, 0) is 0 Å². The number of benzene rings is 2. The second kappa shape index (κ2) is 8.01. The van der Waals surface area contributed by atoms with Gasteiger partial charge in [-0.3, -0.25) is 25.0 Å². The Morgan fingerprint density at radius 1 is 1.12 bits per heavy atom. The lowest BCUT2D eigenvalue weighted by Crippen LogP contribution is -2.31. The predicted molar refractivity (Wildman–Crippen MR) is 88.6 cm³/mol. The number of likely N-dealkylation sites (N-methyl/N-ethyl adjacent to an activating group) is 1. The maximum absolute atomic E-state index is 13.4. The Morgan fingerprint density at radius 3 is 2.23 bits per heavy atom. The SMILES string of the molecule is CN(CCOc1ccccc1F)C(=O)c1cc([N+](=O)[O-])cc([N+](=O)[O-])c1. The summed E-state index contributed by atoms with van der Waals surface area (Å²) in [6.07, 6.45) is 0. The van der Waals surface area contributed by atoms with Crippen LogP contribution in [0.5, 0.6) is 5.75 Å². The van der Waals surface area contributed by atoms with Crippen LogP contribution in [0.25, 0.3) is 0 Å². The quantitative estimate of drug-likeness (QED) is 0.552. The van der Waals surface area contributed by atoms with Crippen LogP contribution in [0.3, 0.4) is 0 Å². The number of non-ortho nitro benzene ring substituents is 2. The minimum atomic E-state index is -0.814. The summed E-state index contributed by atoms with van der Waals surface area (Å²) in [5.41, 5.74) is -1.31. The van der Waals surface area contributed by atoms with Crippen LogP contribution in [0.4, 0.5) is 15.8 Å². The van der Waals surface area contributed by atoms with E-state index in [9.17, 15) is 29.4 Å². The highest BCUT2D eigenvalue weighted by atomic mass is 19.1. The molecule has 10 heteroatoms. The topological polar surface area (TPSA) is 116 Å². The summed E-state index contributed by atoms with van der Waals surface area (Å²) in [6.45, 7) is 0.0177. The number of nitro groups is 2. The van der Waals surface area contributed by atoms with Gasteiger partial charge >= 0.3 is 0 Å². The van der Waals surface area contributed by atoms with Gasteiger partial charge in [-0.1, -0.05) is 12.1 Å². The molecule has 0 heterocycles. The number of hydrogen-bond donors (Lipinski definition) is 0. The van der Waals surface area contributed by atoms with E-state index in [0.717, 1.165) is 18.2 Å². The van der Waals surface area contributed by atoms with Crippen LogP contribution in [0.1, 0.15) is 10.4 Å². The zero-order valence-corrected chi connectivity index (χ0v) is 13.6. The van der Waals surface area contributed by atoms with Crippen molar-refractivity contribution in [1.82, 2.24) is 4.90 Å². The van der Waals surface area contributed by atoms with E-state index in [1.54, 1.807) is 6.07 Å². The summed E-state index contributed by atoms with van der Waals surface area (Å²) < 4.78 is 18.7. The average molecular weight is 363 g/mol. The van der Waals surface area contributed by atoms with Gasteiger partial charge in [-0.25, -0.2) is 4.39 Å². The van der Waals surface area contributed by atoms with Gasteiger partial charge in [0, 0.05) is 19.2 Å². The minimum Gasteiger partial charge on any atom is -0.489 e. The first-order valence-corrected chi connectivity index (χ1v) is 7.36. The number of carbonyl (C=O) groups excluding carboxylic acids is 1. The molecule has 0 aromatic heterocycles. The summed E-state index contributed by atoms with van der Waals surface area (Å²) in [7, 11) is 1.40. The Bertz CT molecular complexity index is 825. The summed E-state index contributed by atoms with van der Waals surface area (Å²) in [6, 6.07) is 8.46. The van der Waals surface area contributed by atoms with E-state index in [1.165, 1.54) is 30.1 Å². The molecule has 0 saturated heterocycles. The average Bonchev–Trinajstić information content (AvgIpc) is 2.62. The lowest BCUT2D eigenvalue weighted by Gasteiger charge is -2.17. The second-order valence-corrected chi connectivity index (χ2v) is 5.26. The van der Waals surface area contributed by atoms with Gasteiger partial charge in [-0.05, 0) is 12.1 Å². The lowest BCUT2D eigenvalue weighted by molar-refractivity contribution is -0.394. The first kappa shape index (κ1) is 18.8. The van der Waals surface area contributed by atoms with Gasteiger partial charge in [0.15, 0.2) is 11.6 Å². The molecule has 0 saturated carbocycles. The van der Waals surface area contributed by atoms with Gasteiger partial charge in [-0.15, -0.1) is 0 Å². The molecule has 26 heavy (non-hydrogen) atoms. The van der Waals surface area contributed by atoms with Crippen molar-refractivity contribution in [1.29, 1.82) is 0 Å². The molecule has 0 aliphatic rings. The molecule has 0 fully saturated rings. The molecular formula is C16H14FN3O6. The van der Waals surface area contributed by atoms with E-state index in [0.29, 0.717) is 0 Å². The van der Waals surface area contributed by atoms with E-state index in [1.807, 2.05) is 0 Å². The zero-order valence-electron chi connectivity index (χ0n) is 13.6. The fourth-order valence-corrected chi connectivity index (χ4v) is 2.11. The van der Waals surface area contributed by atoms with Crippen LogP contribution in [0, 0.1) is 26.0 Å². The summed E-state index contributed by atoms with van der Waals surface area (Å²) in [5.74, 6) is -1.18. The van der Waals surface area contributed by atoms with Crippen molar-refractivity contribution in [3.8, 4) is 5.75 Å². The molecule has 2 aromatic carbocycles. The fourth-order valence-electron chi connectivity index (χ4n) is 2.11. The normalized spacial score (nSPS) is 10.2. The third-order valence-corrected chi connectivity index (χ3v) is 3.44. The number of nitro benzene ring substituents is 2. The predicted octanol–water partition coefficient (Wildman–Crippen LogP) is 2.79. The van der Waals surface area contributed by atoms with Crippen molar-refractivity contribution in [3.05, 3.63) is 74.1 Å². The molecule has 0 atom stereocenters. The van der Waals surface area contributed by atoms with Gasteiger partial charge < -0.3 is 9.64 Å². The molecule has 9 nitrogen and oxygen atoms in total. The molecular weight excluding hydrogens is 349 g/mol. The third-order valence-electron chi connectivity index (χ3n) is 3.44. The Labute approximate surface area is 146 Å². The van der Waals surface area contributed by atoms with Gasteiger partial charge in [0.2, 0.25) is 0 Å². The first-order valence-electron chi connectivity index (χ1n) is 7.36. The van der Waals surface area contributed by atoms with Gasteiger partial charge in [-0.2, -0.15) is 0 Å². The molecule has 2 rings (SSSR count). The Balaban J connectivity index is 2.08. The van der Waals surface area contributed by atoms with Crippen LogP contribution in [0.15, 0.2) is 42.5 Å². The molecule has 0 unspecified atom stereocenters. The highest BCUT2D eigenvalue weighted by molar-refractivity contribution is 5.95. The van der Waals surface area contributed by atoms with Gasteiger partial charge in [0.25, 0.3) is 17.3 Å². The van der Waals surface area contributed by atoms with Crippen molar-refractivity contribution in [2.24, 2.45) is 0 Å². The zero-order chi connectivity index (χ0) is 19.3.